The molecule has 0 aromatic heterocycles. The molecule has 1 saturated heterocycles. The SMILES string of the molecule is CNC(CCC1CCCCO1)c1cc(F)ccc1OC. The fourth-order valence-corrected chi connectivity index (χ4v) is 2.82. The third-order valence-electron chi connectivity index (χ3n) is 3.97. The molecular formula is C16H24FNO2. The highest BCUT2D eigenvalue weighted by atomic mass is 19.1. The summed E-state index contributed by atoms with van der Waals surface area (Å²) in [5.41, 5.74) is 0.880. The Labute approximate surface area is 120 Å². The zero-order valence-corrected chi connectivity index (χ0v) is 12.3. The highest BCUT2D eigenvalue weighted by Crippen LogP contribution is 2.30. The van der Waals surface area contributed by atoms with E-state index in [0.29, 0.717) is 6.10 Å². The molecule has 1 aromatic carbocycles. The average Bonchev–Trinajstić information content (AvgIpc) is 2.49. The molecule has 1 aromatic rings. The molecule has 1 heterocycles. The molecule has 2 rings (SSSR count). The quantitative estimate of drug-likeness (QED) is 0.866. The predicted octanol–water partition coefficient (Wildman–Crippen LogP) is 3.44. The molecule has 0 amide bonds. The van der Waals surface area contributed by atoms with Crippen LogP contribution in [-0.4, -0.2) is 26.9 Å². The summed E-state index contributed by atoms with van der Waals surface area (Å²) in [6, 6.07) is 4.76. The fraction of sp³-hybridized carbons (Fsp3) is 0.625. The van der Waals surface area contributed by atoms with Crippen molar-refractivity contribution in [2.24, 2.45) is 0 Å². The van der Waals surface area contributed by atoms with Gasteiger partial charge in [-0.1, -0.05) is 0 Å². The van der Waals surface area contributed by atoms with Gasteiger partial charge in [0.1, 0.15) is 11.6 Å². The summed E-state index contributed by atoms with van der Waals surface area (Å²) in [6.07, 6.45) is 5.81. The summed E-state index contributed by atoms with van der Waals surface area (Å²) in [6.45, 7) is 0.873. The Morgan fingerprint density at radius 3 is 2.95 bits per heavy atom. The number of hydrogen-bond acceptors (Lipinski definition) is 3. The molecule has 20 heavy (non-hydrogen) atoms. The Morgan fingerprint density at radius 2 is 2.30 bits per heavy atom. The van der Waals surface area contributed by atoms with E-state index in [1.165, 1.54) is 18.9 Å². The Bertz CT molecular complexity index is 419. The third-order valence-corrected chi connectivity index (χ3v) is 3.97. The Kier molecular flexibility index (Phi) is 5.80. The second-order valence-corrected chi connectivity index (χ2v) is 5.29. The van der Waals surface area contributed by atoms with Gasteiger partial charge < -0.3 is 14.8 Å². The number of benzene rings is 1. The van der Waals surface area contributed by atoms with Crippen molar-refractivity contribution in [1.82, 2.24) is 5.32 Å². The van der Waals surface area contributed by atoms with Crippen molar-refractivity contribution in [1.29, 1.82) is 0 Å². The van der Waals surface area contributed by atoms with Gasteiger partial charge in [0.05, 0.1) is 13.2 Å². The lowest BCUT2D eigenvalue weighted by molar-refractivity contribution is 0.00862. The standard InChI is InChI=1S/C16H24FNO2/c1-18-15(8-7-13-5-3-4-10-20-13)14-11-12(17)6-9-16(14)19-2/h6,9,11,13,15,18H,3-5,7-8,10H2,1-2H3. The van der Waals surface area contributed by atoms with Crippen LogP contribution in [0.1, 0.15) is 43.7 Å². The Morgan fingerprint density at radius 1 is 1.45 bits per heavy atom. The second kappa shape index (κ2) is 7.60. The summed E-state index contributed by atoms with van der Waals surface area (Å²) in [5, 5.41) is 3.26. The molecule has 0 radical (unpaired) electrons. The van der Waals surface area contributed by atoms with E-state index in [1.807, 2.05) is 7.05 Å². The summed E-state index contributed by atoms with van der Waals surface area (Å²) in [7, 11) is 3.52. The lowest BCUT2D eigenvalue weighted by Gasteiger charge is -2.25. The molecule has 0 saturated carbocycles. The first-order chi connectivity index (χ1) is 9.74. The maximum atomic E-state index is 13.5. The third kappa shape index (κ3) is 3.93. The van der Waals surface area contributed by atoms with Crippen LogP contribution >= 0.6 is 0 Å². The van der Waals surface area contributed by atoms with Crippen molar-refractivity contribution in [2.75, 3.05) is 20.8 Å². The van der Waals surface area contributed by atoms with Gasteiger partial charge in [-0.05, 0) is 57.4 Å². The minimum absolute atomic E-state index is 0.0891. The van der Waals surface area contributed by atoms with Crippen LogP contribution in [0.3, 0.4) is 0 Å². The van der Waals surface area contributed by atoms with Crippen LogP contribution in [0.25, 0.3) is 0 Å². The fourth-order valence-electron chi connectivity index (χ4n) is 2.82. The van der Waals surface area contributed by atoms with E-state index in [2.05, 4.69) is 5.32 Å². The van der Waals surface area contributed by atoms with Gasteiger partial charge in [0.15, 0.2) is 0 Å². The summed E-state index contributed by atoms with van der Waals surface area (Å²) in [5.74, 6) is 0.505. The van der Waals surface area contributed by atoms with Crippen LogP contribution in [-0.2, 0) is 4.74 Å². The van der Waals surface area contributed by atoms with Crippen LogP contribution in [0.2, 0.25) is 0 Å². The first-order valence-electron chi connectivity index (χ1n) is 7.37. The highest BCUT2D eigenvalue weighted by Gasteiger charge is 2.19. The van der Waals surface area contributed by atoms with Gasteiger partial charge in [-0.25, -0.2) is 4.39 Å². The monoisotopic (exact) mass is 281 g/mol. The normalized spacial score (nSPS) is 20.6. The van der Waals surface area contributed by atoms with Crippen molar-refractivity contribution in [3.05, 3.63) is 29.6 Å². The average molecular weight is 281 g/mol. The lowest BCUT2D eigenvalue weighted by Crippen LogP contribution is -2.23. The van der Waals surface area contributed by atoms with Crippen molar-refractivity contribution in [3.63, 3.8) is 0 Å². The highest BCUT2D eigenvalue weighted by molar-refractivity contribution is 5.36. The number of methoxy groups -OCH3 is 1. The number of nitrogens with one attached hydrogen (secondary N) is 1. The van der Waals surface area contributed by atoms with E-state index in [1.54, 1.807) is 19.2 Å². The number of hydrogen-bond donors (Lipinski definition) is 1. The number of ether oxygens (including phenoxy) is 2. The van der Waals surface area contributed by atoms with E-state index < -0.39 is 0 Å². The minimum atomic E-state index is -0.227. The zero-order chi connectivity index (χ0) is 14.4. The van der Waals surface area contributed by atoms with Gasteiger partial charge in [0.2, 0.25) is 0 Å². The summed E-state index contributed by atoms with van der Waals surface area (Å²) >= 11 is 0. The smallest absolute Gasteiger partial charge is 0.123 e. The molecule has 1 fully saturated rings. The van der Waals surface area contributed by atoms with Crippen LogP contribution in [0.5, 0.6) is 5.75 Å². The molecule has 0 bridgehead atoms. The first kappa shape index (κ1) is 15.3. The van der Waals surface area contributed by atoms with Crippen LogP contribution < -0.4 is 10.1 Å². The summed E-state index contributed by atoms with van der Waals surface area (Å²) in [4.78, 5) is 0. The zero-order valence-electron chi connectivity index (χ0n) is 12.3. The molecule has 0 aliphatic carbocycles. The molecule has 1 aliphatic rings. The van der Waals surface area contributed by atoms with Gasteiger partial charge in [-0.15, -0.1) is 0 Å². The summed E-state index contributed by atoms with van der Waals surface area (Å²) < 4.78 is 24.6. The largest absolute Gasteiger partial charge is 0.496 e. The van der Waals surface area contributed by atoms with Crippen LogP contribution in [0.15, 0.2) is 18.2 Å². The lowest BCUT2D eigenvalue weighted by atomic mass is 9.96. The van der Waals surface area contributed by atoms with E-state index in [-0.39, 0.29) is 11.9 Å². The molecule has 1 aliphatic heterocycles. The van der Waals surface area contributed by atoms with Gasteiger partial charge in [0.25, 0.3) is 0 Å². The predicted molar refractivity (Wildman–Crippen MR) is 77.6 cm³/mol. The molecule has 1 N–H and O–H groups in total. The first-order valence-corrected chi connectivity index (χ1v) is 7.37. The molecule has 112 valence electrons. The molecule has 3 nitrogen and oxygen atoms in total. The van der Waals surface area contributed by atoms with E-state index in [0.717, 1.165) is 37.2 Å². The second-order valence-electron chi connectivity index (χ2n) is 5.29. The van der Waals surface area contributed by atoms with Gasteiger partial charge in [-0.2, -0.15) is 0 Å². The van der Waals surface area contributed by atoms with Crippen molar-refractivity contribution < 1.29 is 13.9 Å². The van der Waals surface area contributed by atoms with Gasteiger partial charge in [-0.3, -0.25) is 0 Å². The van der Waals surface area contributed by atoms with Crippen molar-refractivity contribution >= 4 is 0 Å². The maximum absolute atomic E-state index is 13.5. The minimum Gasteiger partial charge on any atom is -0.496 e. The maximum Gasteiger partial charge on any atom is 0.123 e. The molecule has 0 spiro atoms. The van der Waals surface area contributed by atoms with E-state index in [4.69, 9.17) is 9.47 Å². The molecule has 4 heteroatoms. The molecule has 2 unspecified atom stereocenters. The number of rotatable bonds is 6. The Hall–Kier alpha value is -1.13. The van der Waals surface area contributed by atoms with Crippen LogP contribution in [0.4, 0.5) is 4.39 Å². The van der Waals surface area contributed by atoms with Crippen molar-refractivity contribution in [3.8, 4) is 5.75 Å². The number of halogens is 1. The molecule has 2 atom stereocenters. The van der Waals surface area contributed by atoms with E-state index in [9.17, 15) is 4.39 Å². The van der Waals surface area contributed by atoms with Gasteiger partial charge in [0, 0.05) is 18.2 Å². The van der Waals surface area contributed by atoms with Crippen LogP contribution in [0, 0.1) is 5.82 Å². The topological polar surface area (TPSA) is 30.5 Å². The molecular weight excluding hydrogens is 257 g/mol. The van der Waals surface area contributed by atoms with Crippen molar-refractivity contribution in [2.45, 2.75) is 44.2 Å². The van der Waals surface area contributed by atoms with E-state index >= 15 is 0 Å². The Balaban J connectivity index is 2.01. The van der Waals surface area contributed by atoms with Gasteiger partial charge >= 0.3 is 0 Å².